The summed E-state index contributed by atoms with van der Waals surface area (Å²) in [6.07, 6.45) is 0.976. The highest BCUT2D eigenvalue weighted by atomic mass is 79.9. The molecule has 0 aliphatic rings. The second kappa shape index (κ2) is 8.64. The third-order valence-electron chi connectivity index (χ3n) is 2.33. The molecule has 1 aromatic rings. The van der Waals surface area contributed by atoms with Gasteiger partial charge in [0.25, 0.3) is 0 Å². The summed E-state index contributed by atoms with van der Waals surface area (Å²) in [7, 11) is 0. The van der Waals surface area contributed by atoms with E-state index >= 15 is 0 Å². The molecule has 0 aliphatic heterocycles. The van der Waals surface area contributed by atoms with Gasteiger partial charge >= 0.3 is 0 Å². The fourth-order valence-corrected chi connectivity index (χ4v) is 1.92. The molecule has 96 valence electrons. The first-order chi connectivity index (χ1) is 8.27. The Balaban J connectivity index is 2.38. The number of halogens is 1. The molecular weight excluding hydrogens is 282 g/mol. The van der Waals surface area contributed by atoms with E-state index < -0.39 is 0 Å². The molecule has 0 saturated carbocycles. The first-order valence-corrected chi connectivity index (χ1v) is 6.72. The summed E-state index contributed by atoms with van der Waals surface area (Å²) >= 11 is 3.44. The summed E-state index contributed by atoms with van der Waals surface area (Å²) in [5, 5.41) is 0. The quantitative estimate of drug-likeness (QED) is 0.751. The highest BCUT2D eigenvalue weighted by Crippen LogP contribution is 2.20. The monoisotopic (exact) mass is 301 g/mol. The SMILES string of the molecule is CCCOCCOC(CN)c1cccc(Br)c1. The summed E-state index contributed by atoms with van der Waals surface area (Å²) in [4.78, 5) is 0. The third kappa shape index (κ3) is 5.64. The van der Waals surface area contributed by atoms with Crippen LogP contribution < -0.4 is 5.73 Å². The van der Waals surface area contributed by atoms with Gasteiger partial charge in [-0.05, 0) is 24.1 Å². The molecular formula is C13H20BrNO2. The van der Waals surface area contributed by atoms with Gasteiger partial charge in [-0.1, -0.05) is 35.0 Å². The zero-order valence-corrected chi connectivity index (χ0v) is 11.8. The average Bonchev–Trinajstić information content (AvgIpc) is 2.34. The average molecular weight is 302 g/mol. The Morgan fingerprint density at radius 3 is 2.76 bits per heavy atom. The second-order valence-electron chi connectivity index (χ2n) is 3.76. The Morgan fingerprint density at radius 1 is 1.29 bits per heavy atom. The lowest BCUT2D eigenvalue weighted by molar-refractivity contribution is 0.00764. The standard InChI is InChI=1S/C13H20BrNO2/c1-2-6-16-7-8-17-13(10-15)11-4-3-5-12(14)9-11/h3-5,9,13H,2,6-8,10,15H2,1H3. The van der Waals surface area contributed by atoms with E-state index in [9.17, 15) is 0 Å². The molecule has 17 heavy (non-hydrogen) atoms. The van der Waals surface area contributed by atoms with Crippen LogP contribution in [0.25, 0.3) is 0 Å². The third-order valence-corrected chi connectivity index (χ3v) is 2.82. The predicted molar refractivity (Wildman–Crippen MR) is 73.0 cm³/mol. The molecule has 0 amide bonds. The summed E-state index contributed by atoms with van der Waals surface area (Å²) in [5.74, 6) is 0. The molecule has 0 fully saturated rings. The van der Waals surface area contributed by atoms with Gasteiger partial charge in [-0.25, -0.2) is 0 Å². The van der Waals surface area contributed by atoms with Crippen molar-refractivity contribution in [3.63, 3.8) is 0 Å². The van der Waals surface area contributed by atoms with E-state index in [1.165, 1.54) is 0 Å². The zero-order valence-electron chi connectivity index (χ0n) is 10.2. The molecule has 0 aromatic heterocycles. The maximum absolute atomic E-state index is 5.71. The van der Waals surface area contributed by atoms with Crippen LogP contribution in [0.4, 0.5) is 0 Å². The van der Waals surface area contributed by atoms with E-state index in [-0.39, 0.29) is 6.10 Å². The predicted octanol–water partition coefficient (Wildman–Crippen LogP) is 2.89. The second-order valence-corrected chi connectivity index (χ2v) is 4.68. The topological polar surface area (TPSA) is 44.5 Å². The zero-order chi connectivity index (χ0) is 12.5. The van der Waals surface area contributed by atoms with E-state index in [1.807, 2.05) is 24.3 Å². The largest absolute Gasteiger partial charge is 0.379 e. The van der Waals surface area contributed by atoms with E-state index in [4.69, 9.17) is 15.2 Å². The van der Waals surface area contributed by atoms with Crippen molar-refractivity contribution in [3.05, 3.63) is 34.3 Å². The van der Waals surface area contributed by atoms with Crippen LogP contribution in [0.1, 0.15) is 25.0 Å². The van der Waals surface area contributed by atoms with Crippen molar-refractivity contribution < 1.29 is 9.47 Å². The Kier molecular flexibility index (Phi) is 7.44. The van der Waals surface area contributed by atoms with Crippen molar-refractivity contribution >= 4 is 15.9 Å². The molecule has 0 radical (unpaired) electrons. The van der Waals surface area contributed by atoms with Gasteiger partial charge in [-0.15, -0.1) is 0 Å². The Hall–Kier alpha value is -0.420. The molecule has 1 rings (SSSR count). The minimum Gasteiger partial charge on any atom is -0.379 e. The Bertz CT molecular complexity index is 320. The molecule has 0 heterocycles. The first-order valence-electron chi connectivity index (χ1n) is 5.92. The van der Waals surface area contributed by atoms with Gasteiger partial charge in [0, 0.05) is 17.6 Å². The molecule has 0 spiro atoms. The van der Waals surface area contributed by atoms with Crippen molar-refractivity contribution in [2.45, 2.75) is 19.4 Å². The van der Waals surface area contributed by atoms with Crippen molar-refractivity contribution in [1.82, 2.24) is 0 Å². The molecule has 2 N–H and O–H groups in total. The summed E-state index contributed by atoms with van der Waals surface area (Å²) in [6.45, 7) is 4.55. The molecule has 0 saturated heterocycles. The number of hydrogen-bond donors (Lipinski definition) is 1. The number of hydrogen-bond acceptors (Lipinski definition) is 3. The van der Waals surface area contributed by atoms with Crippen LogP contribution >= 0.6 is 15.9 Å². The number of nitrogens with two attached hydrogens (primary N) is 1. The van der Waals surface area contributed by atoms with E-state index in [2.05, 4.69) is 22.9 Å². The Morgan fingerprint density at radius 2 is 2.12 bits per heavy atom. The van der Waals surface area contributed by atoms with Gasteiger partial charge in [-0.2, -0.15) is 0 Å². The van der Waals surface area contributed by atoms with Crippen molar-refractivity contribution in [2.24, 2.45) is 5.73 Å². The van der Waals surface area contributed by atoms with Crippen LogP contribution in [0.15, 0.2) is 28.7 Å². The van der Waals surface area contributed by atoms with Crippen molar-refractivity contribution in [2.75, 3.05) is 26.4 Å². The van der Waals surface area contributed by atoms with Gasteiger partial charge in [0.15, 0.2) is 0 Å². The molecule has 4 heteroatoms. The van der Waals surface area contributed by atoms with Crippen LogP contribution in [0.2, 0.25) is 0 Å². The molecule has 0 aliphatic carbocycles. The van der Waals surface area contributed by atoms with Gasteiger partial charge in [0.05, 0.1) is 19.3 Å². The number of ether oxygens (including phenoxy) is 2. The lowest BCUT2D eigenvalue weighted by atomic mass is 10.1. The smallest absolute Gasteiger partial charge is 0.0948 e. The fourth-order valence-electron chi connectivity index (χ4n) is 1.50. The maximum Gasteiger partial charge on any atom is 0.0948 e. The van der Waals surface area contributed by atoms with Crippen molar-refractivity contribution in [1.29, 1.82) is 0 Å². The van der Waals surface area contributed by atoms with Gasteiger partial charge in [0.2, 0.25) is 0 Å². The van der Waals surface area contributed by atoms with Crippen LogP contribution in [0.3, 0.4) is 0 Å². The van der Waals surface area contributed by atoms with Gasteiger partial charge in [-0.3, -0.25) is 0 Å². The minimum atomic E-state index is -0.0577. The lowest BCUT2D eigenvalue weighted by Gasteiger charge is -2.16. The lowest BCUT2D eigenvalue weighted by Crippen LogP contribution is -2.18. The Labute approximate surface area is 111 Å². The number of benzene rings is 1. The number of rotatable bonds is 8. The molecule has 0 bridgehead atoms. The van der Waals surface area contributed by atoms with E-state index in [1.54, 1.807) is 0 Å². The van der Waals surface area contributed by atoms with Crippen LogP contribution in [0.5, 0.6) is 0 Å². The molecule has 3 nitrogen and oxygen atoms in total. The van der Waals surface area contributed by atoms with Gasteiger partial charge in [0.1, 0.15) is 0 Å². The van der Waals surface area contributed by atoms with E-state index in [0.717, 1.165) is 23.1 Å². The highest BCUT2D eigenvalue weighted by Gasteiger charge is 2.09. The maximum atomic E-state index is 5.71. The normalized spacial score (nSPS) is 12.6. The fraction of sp³-hybridized carbons (Fsp3) is 0.538. The van der Waals surface area contributed by atoms with Crippen LogP contribution in [0, 0.1) is 0 Å². The minimum absolute atomic E-state index is 0.0577. The van der Waals surface area contributed by atoms with E-state index in [0.29, 0.717) is 19.8 Å². The van der Waals surface area contributed by atoms with Gasteiger partial charge < -0.3 is 15.2 Å². The highest BCUT2D eigenvalue weighted by molar-refractivity contribution is 9.10. The molecule has 1 aromatic carbocycles. The first kappa shape index (κ1) is 14.6. The summed E-state index contributed by atoms with van der Waals surface area (Å²) in [5.41, 5.74) is 6.81. The van der Waals surface area contributed by atoms with Crippen LogP contribution in [-0.2, 0) is 9.47 Å². The molecule has 1 unspecified atom stereocenters. The van der Waals surface area contributed by atoms with Crippen molar-refractivity contribution in [3.8, 4) is 0 Å². The summed E-state index contributed by atoms with van der Waals surface area (Å²) < 4.78 is 12.1. The van der Waals surface area contributed by atoms with Crippen LogP contribution in [-0.4, -0.2) is 26.4 Å². The molecule has 1 atom stereocenters. The summed E-state index contributed by atoms with van der Waals surface area (Å²) in [6, 6.07) is 8.03.